The molecule has 0 saturated carbocycles. The number of alkyl halides is 3. The molecule has 184 valence electrons. The van der Waals surface area contributed by atoms with Gasteiger partial charge in [0.2, 0.25) is 5.91 Å². The highest BCUT2D eigenvalue weighted by molar-refractivity contribution is 7.92. The Hall–Kier alpha value is -3.86. The van der Waals surface area contributed by atoms with Crippen molar-refractivity contribution < 1.29 is 35.9 Å². The molecule has 0 heterocycles. The van der Waals surface area contributed by atoms with Gasteiger partial charge in [0.25, 0.3) is 10.0 Å². The van der Waals surface area contributed by atoms with Crippen LogP contribution in [0.2, 0.25) is 0 Å². The Morgan fingerprint density at radius 3 is 2.26 bits per heavy atom. The third-order valence-corrected chi connectivity index (χ3v) is 6.88. The number of ether oxygens (including phenoxy) is 1. The van der Waals surface area contributed by atoms with Crippen molar-refractivity contribution in [2.45, 2.75) is 18.0 Å². The van der Waals surface area contributed by atoms with E-state index in [4.69, 9.17) is 4.74 Å². The van der Waals surface area contributed by atoms with Gasteiger partial charge in [-0.05, 0) is 55.0 Å². The topological polar surface area (TPSA) is 92.8 Å². The second-order valence-corrected chi connectivity index (χ2v) is 9.25. The molecule has 0 unspecified atom stereocenters. The molecule has 1 N–H and O–H groups in total. The molecule has 0 fully saturated rings. The number of amides is 1. The van der Waals surface area contributed by atoms with Crippen LogP contribution < -0.4 is 9.62 Å². The number of carbonyl (C=O) groups excluding carboxylic acids is 2. The van der Waals surface area contributed by atoms with Gasteiger partial charge in [-0.25, -0.2) is 13.2 Å². The van der Waals surface area contributed by atoms with Crippen molar-refractivity contribution in [1.82, 2.24) is 0 Å². The van der Waals surface area contributed by atoms with Gasteiger partial charge in [-0.1, -0.05) is 30.3 Å². The Kier molecular flexibility index (Phi) is 7.49. The molecule has 0 aliphatic heterocycles. The quantitative estimate of drug-likeness (QED) is 0.472. The number of nitrogens with zero attached hydrogens (tertiary/aromatic N) is 1. The minimum Gasteiger partial charge on any atom is -0.465 e. The Morgan fingerprint density at radius 1 is 0.971 bits per heavy atom. The van der Waals surface area contributed by atoms with E-state index in [-0.39, 0.29) is 21.8 Å². The fourth-order valence-corrected chi connectivity index (χ4v) is 4.73. The summed E-state index contributed by atoms with van der Waals surface area (Å²) in [5, 5.41) is 2.52. The maximum absolute atomic E-state index is 13.3. The van der Waals surface area contributed by atoms with Crippen molar-refractivity contribution in [2.75, 3.05) is 23.3 Å². The van der Waals surface area contributed by atoms with Gasteiger partial charge in [0.1, 0.15) is 6.54 Å². The van der Waals surface area contributed by atoms with Crippen molar-refractivity contribution in [3.63, 3.8) is 0 Å². The lowest BCUT2D eigenvalue weighted by molar-refractivity contribution is -0.137. The molecule has 3 aromatic rings. The number of hydrogen-bond acceptors (Lipinski definition) is 5. The van der Waals surface area contributed by atoms with Gasteiger partial charge in [0.05, 0.1) is 28.8 Å². The predicted octanol–water partition coefficient (Wildman–Crippen LogP) is 4.63. The molecule has 11 heteroatoms. The van der Waals surface area contributed by atoms with Gasteiger partial charge >= 0.3 is 12.1 Å². The van der Waals surface area contributed by atoms with Crippen LogP contribution >= 0.6 is 0 Å². The van der Waals surface area contributed by atoms with Gasteiger partial charge in [-0.15, -0.1) is 0 Å². The first-order valence-corrected chi connectivity index (χ1v) is 11.6. The third-order valence-electron chi connectivity index (χ3n) is 5.09. The Labute approximate surface area is 200 Å². The summed E-state index contributed by atoms with van der Waals surface area (Å²) in [4.78, 5) is 24.6. The maximum Gasteiger partial charge on any atom is 0.416 e. The lowest BCUT2D eigenvalue weighted by Gasteiger charge is -2.25. The van der Waals surface area contributed by atoms with Gasteiger partial charge < -0.3 is 10.1 Å². The minimum atomic E-state index is -4.72. The number of anilines is 2. The molecule has 0 spiro atoms. The third kappa shape index (κ3) is 5.80. The highest BCUT2D eigenvalue weighted by atomic mass is 32.2. The second kappa shape index (κ2) is 10.2. The summed E-state index contributed by atoms with van der Waals surface area (Å²) < 4.78 is 71.9. The zero-order chi connectivity index (χ0) is 25.8. The first-order chi connectivity index (χ1) is 16.4. The standard InChI is InChI=1S/C24H21F3N2O5S/c1-16-20(23(31)34-2)12-7-13-21(16)28-22(30)15-29(35(32,33)19-10-4-3-5-11-19)18-9-6-8-17(14-18)24(25,26)27/h3-14H,15H2,1-2H3,(H,28,30). The smallest absolute Gasteiger partial charge is 0.416 e. The monoisotopic (exact) mass is 506 g/mol. The highest BCUT2D eigenvalue weighted by Gasteiger charge is 2.33. The van der Waals surface area contributed by atoms with Crippen molar-refractivity contribution >= 4 is 33.3 Å². The van der Waals surface area contributed by atoms with Gasteiger partial charge in [-0.2, -0.15) is 13.2 Å². The van der Waals surface area contributed by atoms with Gasteiger partial charge in [0.15, 0.2) is 0 Å². The van der Waals surface area contributed by atoms with Crippen molar-refractivity contribution in [3.05, 3.63) is 89.5 Å². The molecule has 3 aromatic carbocycles. The van der Waals surface area contributed by atoms with E-state index >= 15 is 0 Å². The number of esters is 1. The van der Waals surface area contributed by atoms with E-state index in [2.05, 4.69) is 5.32 Å². The van der Waals surface area contributed by atoms with Crippen LogP contribution in [0.25, 0.3) is 0 Å². The first-order valence-electron chi connectivity index (χ1n) is 10.2. The lowest BCUT2D eigenvalue weighted by Crippen LogP contribution is -2.38. The number of carbonyl (C=O) groups is 2. The summed E-state index contributed by atoms with van der Waals surface area (Å²) in [6, 6.07) is 15.2. The Balaban J connectivity index is 2.00. The first kappa shape index (κ1) is 25.8. The molecule has 7 nitrogen and oxygen atoms in total. The molecule has 0 aromatic heterocycles. The van der Waals surface area contributed by atoms with E-state index in [0.29, 0.717) is 15.9 Å². The van der Waals surface area contributed by atoms with E-state index in [9.17, 15) is 31.2 Å². The molecular formula is C24H21F3N2O5S. The molecule has 35 heavy (non-hydrogen) atoms. The fraction of sp³-hybridized carbons (Fsp3) is 0.167. The van der Waals surface area contributed by atoms with E-state index in [1.165, 1.54) is 55.6 Å². The minimum absolute atomic E-state index is 0.192. The average Bonchev–Trinajstić information content (AvgIpc) is 2.83. The van der Waals surface area contributed by atoms with E-state index in [1.807, 2.05) is 0 Å². The van der Waals surface area contributed by atoms with Crippen LogP contribution in [0.15, 0.2) is 77.7 Å². The summed E-state index contributed by atoms with van der Waals surface area (Å²) in [6.45, 7) is 0.744. The molecule has 0 aliphatic rings. The molecule has 3 rings (SSSR count). The second-order valence-electron chi connectivity index (χ2n) is 7.39. The maximum atomic E-state index is 13.3. The summed E-state index contributed by atoms with van der Waals surface area (Å²) >= 11 is 0. The van der Waals surface area contributed by atoms with Crippen LogP contribution in [-0.4, -0.2) is 33.9 Å². The average molecular weight is 507 g/mol. The fourth-order valence-electron chi connectivity index (χ4n) is 3.29. The highest BCUT2D eigenvalue weighted by Crippen LogP contribution is 2.33. The zero-order valence-corrected chi connectivity index (χ0v) is 19.5. The zero-order valence-electron chi connectivity index (χ0n) is 18.7. The van der Waals surface area contributed by atoms with Crippen LogP contribution in [0.5, 0.6) is 0 Å². The van der Waals surface area contributed by atoms with Crippen LogP contribution in [0.4, 0.5) is 24.5 Å². The van der Waals surface area contributed by atoms with E-state index in [0.717, 1.165) is 12.1 Å². The SMILES string of the molecule is COC(=O)c1cccc(NC(=O)CN(c2cccc(C(F)(F)F)c2)S(=O)(=O)c2ccccc2)c1C. The van der Waals surface area contributed by atoms with Gasteiger partial charge in [-0.3, -0.25) is 9.10 Å². The van der Waals surface area contributed by atoms with Crippen molar-refractivity contribution in [1.29, 1.82) is 0 Å². The number of hydrogen-bond donors (Lipinski definition) is 1. The number of benzene rings is 3. The Bertz CT molecular complexity index is 1340. The number of methoxy groups -OCH3 is 1. The van der Waals surface area contributed by atoms with Crippen molar-refractivity contribution in [2.24, 2.45) is 0 Å². The van der Waals surface area contributed by atoms with E-state index < -0.39 is 40.2 Å². The molecule has 0 aliphatic carbocycles. The molecule has 0 bridgehead atoms. The molecule has 1 amide bonds. The van der Waals surface area contributed by atoms with Crippen LogP contribution in [0.1, 0.15) is 21.5 Å². The number of halogens is 3. The Morgan fingerprint density at radius 2 is 1.63 bits per heavy atom. The largest absolute Gasteiger partial charge is 0.465 e. The summed E-state index contributed by atoms with van der Waals surface area (Å²) in [5.74, 6) is -1.46. The lowest BCUT2D eigenvalue weighted by atomic mass is 10.1. The van der Waals surface area contributed by atoms with E-state index in [1.54, 1.807) is 13.0 Å². The number of sulfonamides is 1. The number of rotatable bonds is 7. The normalized spacial score (nSPS) is 11.6. The van der Waals surface area contributed by atoms with Crippen LogP contribution in [-0.2, 0) is 25.7 Å². The van der Waals surface area contributed by atoms with Gasteiger partial charge in [0, 0.05) is 5.69 Å². The van der Waals surface area contributed by atoms with Crippen molar-refractivity contribution in [3.8, 4) is 0 Å². The molecular weight excluding hydrogens is 485 g/mol. The summed E-state index contributed by atoms with van der Waals surface area (Å²) in [5.41, 5.74) is -0.607. The van der Waals surface area contributed by atoms with Crippen LogP contribution in [0.3, 0.4) is 0 Å². The summed E-state index contributed by atoms with van der Waals surface area (Å²) in [6.07, 6.45) is -4.72. The molecule has 0 atom stereocenters. The van der Waals surface area contributed by atoms with Crippen LogP contribution in [0, 0.1) is 6.92 Å². The molecule has 0 radical (unpaired) electrons. The number of nitrogens with one attached hydrogen (secondary N) is 1. The predicted molar refractivity (Wildman–Crippen MR) is 124 cm³/mol. The summed E-state index contributed by atoms with van der Waals surface area (Å²) in [7, 11) is -3.21. The molecule has 0 saturated heterocycles.